The number of piperazine rings is 1. The highest BCUT2D eigenvalue weighted by Crippen LogP contribution is 2.30. The van der Waals surface area contributed by atoms with Gasteiger partial charge < -0.3 is 19.9 Å². The van der Waals surface area contributed by atoms with Gasteiger partial charge in [0.05, 0.1) is 5.69 Å². The molecule has 1 aliphatic rings. The maximum absolute atomic E-state index is 13.1. The molecule has 0 radical (unpaired) electrons. The Balaban J connectivity index is 1.23. The van der Waals surface area contributed by atoms with Crippen LogP contribution in [0.2, 0.25) is 0 Å². The van der Waals surface area contributed by atoms with E-state index in [4.69, 9.17) is 9.72 Å². The fraction of sp³-hybridized carbons (Fsp3) is 0.310. The summed E-state index contributed by atoms with van der Waals surface area (Å²) in [6, 6.07) is 12.9. The number of amides is 2. The Morgan fingerprint density at radius 2 is 1.68 bits per heavy atom. The molecular weight excluding hydrogens is 508 g/mol. The Morgan fingerprint density at radius 3 is 2.35 bits per heavy atom. The minimum Gasteiger partial charge on any atom is -0.444 e. The fourth-order valence-corrected chi connectivity index (χ4v) is 4.39. The first-order valence-corrected chi connectivity index (χ1v) is 13.1. The first-order chi connectivity index (χ1) is 19.2. The van der Waals surface area contributed by atoms with Gasteiger partial charge in [-0.1, -0.05) is 0 Å². The fourth-order valence-electron chi connectivity index (χ4n) is 4.39. The number of aryl methyl sites for hydroxylation is 1. The van der Waals surface area contributed by atoms with E-state index in [-0.39, 0.29) is 12.0 Å². The van der Waals surface area contributed by atoms with Gasteiger partial charge in [-0.15, -0.1) is 0 Å². The number of hydrogen-bond acceptors (Lipinski definition) is 8. The highest BCUT2D eigenvalue weighted by molar-refractivity contribution is 5.94. The van der Waals surface area contributed by atoms with Crippen LogP contribution in [-0.2, 0) is 11.8 Å². The highest BCUT2D eigenvalue weighted by Gasteiger charge is 2.28. The summed E-state index contributed by atoms with van der Waals surface area (Å²) in [5.41, 5.74) is 4.06. The number of nitrogens with one attached hydrogen (secondary N) is 1. The number of pyridine rings is 1. The largest absolute Gasteiger partial charge is 0.444 e. The second kappa shape index (κ2) is 11.1. The summed E-state index contributed by atoms with van der Waals surface area (Å²) >= 11 is 0. The van der Waals surface area contributed by atoms with E-state index in [1.165, 1.54) is 0 Å². The molecule has 1 saturated heterocycles. The third kappa shape index (κ3) is 6.25. The van der Waals surface area contributed by atoms with Gasteiger partial charge in [0.25, 0.3) is 5.91 Å². The molecule has 40 heavy (non-hydrogen) atoms. The molecule has 1 N–H and O–H groups in total. The molecule has 11 nitrogen and oxygen atoms in total. The number of ether oxygens (including phenoxy) is 1. The van der Waals surface area contributed by atoms with Gasteiger partial charge in [0.2, 0.25) is 5.95 Å². The summed E-state index contributed by atoms with van der Waals surface area (Å²) in [4.78, 5) is 42.0. The molecule has 206 valence electrons. The molecule has 0 aliphatic carbocycles. The molecule has 5 rings (SSSR count). The lowest BCUT2D eigenvalue weighted by Gasteiger charge is -2.35. The zero-order valence-corrected chi connectivity index (χ0v) is 23.0. The summed E-state index contributed by atoms with van der Waals surface area (Å²) in [5, 5.41) is 7.81. The van der Waals surface area contributed by atoms with Gasteiger partial charge in [-0.05, 0) is 63.2 Å². The van der Waals surface area contributed by atoms with E-state index >= 15 is 0 Å². The molecule has 4 aromatic rings. The van der Waals surface area contributed by atoms with E-state index in [9.17, 15) is 9.59 Å². The number of aromatic nitrogens is 5. The van der Waals surface area contributed by atoms with Crippen LogP contribution >= 0.6 is 0 Å². The van der Waals surface area contributed by atoms with Crippen molar-refractivity contribution in [1.29, 1.82) is 0 Å². The predicted molar refractivity (Wildman–Crippen MR) is 151 cm³/mol. The van der Waals surface area contributed by atoms with Crippen LogP contribution in [0.15, 0.2) is 67.3 Å². The van der Waals surface area contributed by atoms with E-state index in [1.807, 2.05) is 64.3 Å². The summed E-state index contributed by atoms with van der Waals surface area (Å²) in [7, 11) is 1.87. The Bertz CT molecular complexity index is 1490. The van der Waals surface area contributed by atoms with Gasteiger partial charge in [-0.2, -0.15) is 5.10 Å². The number of rotatable bonds is 5. The molecule has 0 saturated carbocycles. The SMILES string of the molecule is Cn1cc(-c2ccnc(Nc3ccc(C(=O)N4CCN(C(=O)OC(C)(C)C)CC4)cc3)n2)c(-c2cccnc2)n1. The second-order valence-corrected chi connectivity index (χ2v) is 10.5. The molecule has 2 amide bonds. The number of benzene rings is 1. The van der Waals surface area contributed by atoms with Crippen molar-refractivity contribution in [3.05, 3.63) is 72.8 Å². The molecule has 0 bridgehead atoms. The molecule has 11 heteroatoms. The van der Waals surface area contributed by atoms with Crippen LogP contribution in [0.4, 0.5) is 16.4 Å². The van der Waals surface area contributed by atoms with Crippen molar-refractivity contribution in [2.45, 2.75) is 26.4 Å². The smallest absolute Gasteiger partial charge is 0.410 e. The normalized spacial score (nSPS) is 13.7. The van der Waals surface area contributed by atoms with Crippen molar-refractivity contribution in [1.82, 2.24) is 34.5 Å². The van der Waals surface area contributed by atoms with E-state index in [0.29, 0.717) is 37.7 Å². The molecule has 0 atom stereocenters. The van der Waals surface area contributed by atoms with Crippen LogP contribution in [0.3, 0.4) is 0 Å². The lowest BCUT2D eigenvalue weighted by Crippen LogP contribution is -2.51. The number of anilines is 2. The molecule has 0 unspecified atom stereocenters. The first kappa shape index (κ1) is 26.8. The van der Waals surface area contributed by atoms with Crippen molar-refractivity contribution in [3.8, 4) is 22.5 Å². The van der Waals surface area contributed by atoms with Crippen molar-refractivity contribution >= 4 is 23.6 Å². The number of carbonyl (C=O) groups excluding carboxylic acids is 2. The Morgan fingerprint density at radius 1 is 0.950 bits per heavy atom. The van der Waals surface area contributed by atoms with Crippen LogP contribution in [0.5, 0.6) is 0 Å². The Kier molecular flexibility index (Phi) is 7.45. The standard InChI is InChI=1S/C29H32N8O3/c1-29(2,3)40-28(39)37-16-14-36(15-17-37)26(38)20-7-9-22(10-8-20)32-27-31-13-11-24(33-27)23-19-35(4)34-25(23)21-6-5-12-30-18-21/h5-13,18-19H,14-17H2,1-4H3,(H,31,32,33). The van der Waals surface area contributed by atoms with Crippen LogP contribution in [0, 0.1) is 0 Å². The summed E-state index contributed by atoms with van der Waals surface area (Å²) < 4.78 is 7.19. The van der Waals surface area contributed by atoms with E-state index in [1.54, 1.807) is 45.2 Å². The van der Waals surface area contributed by atoms with Gasteiger partial charge in [-0.3, -0.25) is 14.5 Å². The van der Waals surface area contributed by atoms with Crippen LogP contribution in [-0.4, -0.2) is 78.3 Å². The second-order valence-electron chi connectivity index (χ2n) is 10.5. The van der Waals surface area contributed by atoms with Gasteiger partial charge in [0.1, 0.15) is 11.3 Å². The van der Waals surface area contributed by atoms with Crippen LogP contribution < -0.4 is 5.32 Å². The van der Waals surface area contributed by atoms with Crippen molar-refractivity contribution in [2.24, 2.45) is 7.05 Å². The van der Waals surface area contributed by atoms with Gasteiger partial charge >= 0.3 is 6.09 Å². The molecule has 1 aromatic carbocycles. The first-order valence-electron chi connectivity index (χ1n) is 13.1. The number of hydrogen-bond donors (Lipinski definition) is 1. The van der Waals surface area contributed by atoms with Crippen molar-refractivity contribution in [3.63, 3.8) is 0 Å². The molecular formula is C29H32N8O3. The van der Waals surface area contributed by atoms with Gasteiger partial charge in [-0.25, -0.2) is 14.8 Å². The topological polar surface area (TPSA) is 118 Å². The summed E-state index contributed by atoms with van der Waals surface area (Å²) in [5.74, 6) is 0.351. The zero-order chi connectivity index (χ0) is 28.3. The lowest BCUT2D eigenvalue weighted by molar-refractivity contribution is 0.0141. The van der Waals surface area contributed by atoms with Crippen molar-refractivity contribution in [2.75, 3.05) is 31.5 Å². The third-order valence-corrected chi connectivity index (χ3v) is 6.30. The Labute approximate surface area is 232 Å². The number of carbonyl (C=O) groups is 2. The zero-order valence-electron chi connectivity index (χ0n) is 23.0. The van der Waals surface area contributed by atoms with E-state index < -0.39 is 5.60 Å². The average Bonchev–Trinajstić information content (AvgIpc) is 3.34. The monoisotopic (exact) mass is 540 g/mol. The minimum absolute atomic E-state index is 0.0758. The summed E-state index contributed by atoms with van der Waals surface area (Å²) in [6.45, 7) is 7.30. The maximum atomic E-state index is 13.1. The quantitative estimate of drug-likeness (QED) is 0.396. The minimum atomic E-state index is -0.548. The maximum Gasteiger partial charge on any atom is 0.410 e. The van der Waals surface area contributed by atoms with E-state index in [2.05, 4.69) is 20.4 Å². The van der Waals surface area contributed by atoms with E-state index in [0.717, 1.165) is 28.2 Å². The predicted octanol–water partition coefficient (Wildman–Crippen LogP) is 4.38. The molecule has 3 aromatic heterocycles. The van der Waals surface area contributed by atoms with Crippen LogP contribution in [0.1, 0.15) is 31.1 Å². The lowest BCUT2D eigenvalue weighted by atomic mass is 10.1. The average molecular weight is 541 g/mol. The Hall–Kier alpha value is -4.80. The van der Waals surface area contributed by atoms with Gasteiger partial charge in [0.15, 0.2) is 0 Å². The molecule has 1 aliphatic heterocycles. The third-order valence-electron chi connectivity index (χ3n) is 6.30. The van der Waals surface area contributed by atoms with Crippen molar-refractivity contribution < 1.29 is 14.3 Å². The van der Waals surface area contributed by atoms with Gasteiger partial charge in [0, 0.05) is 80.4 Å². The molecule has 0 spiro atoms. The number of nitrogens with zero attached hydrogens (tertiary/aromatic N) is 7. The summed E-state index contributed by atoms with van der Waals surface area (Å²) in [6.07, 6.45) is 6.76. The van der Waals surface area contributed by atoms with Crippen LogP contribution in [0.25, 0.3) is 22.5 Å². The molecule has 4 heterocycles. The molecule has 1 fully saturated rings. The highest BCUT2D eigenvalue weighted by atomic mass is 16.6.